The highest BCUT2D eigenvalue weighted by molar-refractivity contribution is 6.02. The van der Waals surface area contributed by atoms with Crippen LogP contribution in [0.1, 0.15) is 44.0 Å². The highest BCUT2D eigenvalue weighted by Gasteiger charge is 2.30. The predicted molar refractivity (Wildman–Crippen MR) is 97.8 cm³/mol. The molecule has 0 bridgehead atoms. The number of rotatable bonds is 6. The van der Waals surface area contributed by atoms with E-state index in [0.29, 0.717) is 11.4 Å². The lowest BCUT2D eigenvalue weighted by Crippen LogP contribution is -2.35. The number of hydrogen-bond acceptors (Lipinski definition) is 5. The molecule has 1 heterocycles. The first-order valence-corrected chi connectivity index (χ1v) is 8.52. The van der Waals surface area contributed by atoms with E-state index in [-0.39, 0.29) is 18.1 Å². The molecule has 0 saturated heterocycles. The first-order valence-electron chi connectivity index (χ1n) is 8.52. The van der Waals surface area contributed by atoms with Gasteiger partial charge in [0.05, 0.1) is 12.0 Å². The van der Waals surface area contributed by atoms with Gasteiger partial charge in [-0.2, -0.15) is 0 Å². The summed E-state index contributed by atoms with van der Waals surface area (Å²) < 4.78 is 10.9. The maximum Gasteiger partial charge on any atom is 0.312 e. The van der Waals surface area contributed by atoms with Crippen LogP contribution < -0.4 is 5.32 Å². The Bertz CT molecular complexity index is 743. The molecule has 0 aliphatic carbocycles. The molecule has 0 aliphatic heterocycles. The van der Waals surface area contributed by atoms with Gasteiger partial charge in [-0.25, -0.2) is 0 Å². The summed E-state index contributed by atoms with van der Waals surface area (Å²) in [5, 5.41) is 12.7. The number of carbonyl (C=O) groups is 2. The quantitative estimate of drug-likeness (QED) is 0.772. The second-order valence-corrected chi connectivity index (χ2v) is 7.17. The number of nitrogens with one attached hydrogen (secondary N) is 1. The number of aliphatic hydroxyl groups is 1. The molecule has 140 valence electrons. The zero-order chi connectivity index (χ0) is 19.3. The molecule has 2 unspecified atom stereocenters. The van der Waals surface area contributed by atoms with Gasteiger partial charge in [0.2, 0.25) is 0 Å². The number of anilines is 1. The molecule has 0 fully saturated rings. The Balaban J connectivity index is 2.05. The summed E-state index contributed by atoms with van der Waals surface area (Å²) in [4.78, 5) is 24.5. The summed E-state index contributed by atoms with van der Waals surface area (Å²) in [6, 6.07) is 12.2. The van der Waals surface area contributed by atoms with Crippen molar-refractivity contribution in [1.29, 1.82) is 0 Å². The Labute approximate surface area is 153 Å². The van der Waals surface area contributed by atoms with Gasteiger partial charge in [-0.15, -0.1) is 0 Å². The Kier molecular flexibility index (Phi) is 6.21. The minimum Gasteiger partial charge on any atom is -0.460 e. The number of carbonyl (C=O) groups excluding carboxylic acids is 2. The molecule has 0 radical (unpaired) electrons. The topological polar surface area (TPSA) is 88.8 Å². The molecule has 2 rings (SSSR count). The summed E-state index contributed by atoms with van der Waals surface area (Å²) in [7, 11) is 0. The number of aliphatic hydroxyl groups excluding tert-OH is 1. The van der Waals surface area contributed by atoms with Crippen molar-refractivity contribution in [2.75, 3.05) is 5.32 Å². The highest BCUT2D eigenvalue weighted by Crippen LogP contribution is 2.20. The molecule has 1 amide bonds. The lowest BCUT2D eigenvalue weighted by atomic mass is 9.98. The maximum atomic E-state index is 12.3. The zero-order valence-corrected chi connectivity index (χ0v) is 15.5. The molecule has 2 atom stereocenters. The number of amides is 1. The molecule has 1 aromatic carbocycles. The van der Waals surface area contributed by atoms with Gasteiger partial charge in [-0.05, 0) is 52.0 Å². The number of furan rings is 1. The third kappa shape index (κ3) is 5.74. The van der Waals surface area contributed by atoms with E-state index in [1.165, 1.54) is 6.92 Å². The van der Waals surface area contributed by atoms with Crippen molar-refractivity contribution in [3.05, 3.63) is 54.0 Å². The average molecular weight is 359 g/mol. The minimum absolute atomic E-state index is 0.136. The summed E-state index contributed by atoms with van der Waals surface area (Å²) in [5.74, 6) is -1.09. The van der Waals surface area contributed by atoms with Gasteiger partial charge in [0.25, 0.3) is 5.91 Å². The molecule has 6 nitrogen and oxygen atoms in total. The van der Waals surface area contributed by atoms with Crippen LogP contribution in [-0.2, 0) is 16.0 Å². The normalized spacial score (nSPS) is 13.7. The number of hydrogen-bond donors (Lipinski definition) is 2. The van der Waals surface area contributed by atoms with Crippen LogP contribution in [-0.4, -0.2) is 28.7 Å². The lowest BCUT2D eigenvalue weighted by molar-refractivity contribution is -0.163. The van der Waals surface area contributed by atoms with E-state index in [0.717, 1.165) is 0 Å². The Morgan fingerprint density at radius 1 is 1.15 bits per heavy atom. The van der Waals surface area contributed by atoms with E-state index in [9.17, 15) is 14.7 Å². The van der Waals surface area contributed by atoms with Gasteiger partial charge in [-0.3, -0.25) is 9.59 Å². The Morgan fingerprint density at radius 3 is 2.38 bits per heavy atom. The molecule has 2 N–H and O–H groups in total. The van der Waals surface area contributed by atoms with E-state index in [1.54, 1.807) is 45.0 Å². The SMILES string of the molecule is CC(O)C(Cc1ccc(C(=O)Nc2ccccc2)o1)C(=O)OC(C)(C)C. The fraction of sp³-hybridized carbons (Fsp3) is 0.400. The zero-order valence-electron chi connectivity index (χ0n) is 15.5. The van der Waals surface area contributed by atoms with Crippen LogP contribution >= 0.6 is 0 Å². The second-order valence-electron chi connectivity index (χ2n) is 7.17. The molecular formula is C20H25NO5. The molecule has 2 aromatic rings. The highest BCUT2D eigenvalue weighted by atomic mass is 16.6. The first kappa shape index (κ1) is 19.7. The van der Waals surface area contributed by atoms with Crippen LogP contribution in [0.15, 0.2) is 46.9 Å². The van der Waals surface area contributed by atoms with Gasteiger partial charge in [0, 0.05) is 12.1 Å². The van der Waals surface area contributed by atoms with Crippen LogP contribution in [0.3, 0.4) is 0 Å². The lowest BCUT2D eigenvalue weighted by Gasteiger charge is -2.24. The van der Waals surface area contributed by atoms with E-state index in [4.69, 9.17) is 9.15 Å². The van der Waals surface area contributed by atoms with Crippen molar-refractivity contribution >= 4 is 17.6 Å². The van der Waals surface area contributed by atoms with Crippen molar-refractivity contribution in [2.24, 2.45) is 5.92 Å². The van der Waals surface area contributed by atoms with Gasteiger partial charge in [-0.1, -0.05) is 18.2 Å². The van der Waals surface area contributed by atoms with Crippen LogP contribution in [0.4, 0.5) is 5.69 Å². The molecule has 26 heavy (non-hydrogen) atoms. The largest absolute Gasteiger partial charge is 0.460 e. The standard InChI is InChI=1S/C20H25NO5/c1-13(22)16(19(24)26-20(2,3)4)12-15-10-11-17(25-15)18(23)21-14-8-6-5-7-9-14/h5-11,13,16,22H,12H2,1-4H3,(H,21,23). The van der Waals surface area contributed by atoms with E-state index < -0.39 is 23.6 Å². The third-order valence-corrected chi connectivity index (χ3v) is 3.63. The monoisotopic (exact) mass is 359 g/mol. The van der Waals surface area contributed by atoms with Crippen LogP contribution in [0.5, 0.6) is 0 Å². The smallest absolute Gasteiger partial charge is 0.312 e. The Morgan fingerprint density at radius 2 is 1.81 bits per heavy atom. The number of ether oxygens (including phenoxy) is 1. The minimum atomic E-state index is -0.906. The van der Waals surface area contributed by atoms with E-state index in [2.05, 4.69) is 5.32 Å². The summed E-state index contributed by atoms with van der Waals surface area (Å²) in [6.45, 7) is 6.83. The summed E-state index contributed by atoms with van der Waals surface area (Å²) in [6.07, 6.45) is -0.762. The predicted octanol–water partition coefficient (Wildman–Crippen LogP) is 3.41. The second kappa shape index (κ2) is 8.19. The molecule has 0 aliphatic rings. The van der Waals surface area contributed by atoms with Crippen molar-refractivity contribution < 1.29 is 23.8 Å². The maximum absolute atomic E-state index is 12.3. The molecule has 1 aromatic heterocycles. The van der Waals surface area contributed by atoms with Gasteiger partial charge in [0.15, 0.2) is 5.76 Å². The fourth-order valence-corrected chi connectivity index (χ4v) is 2.37. The molecular weight excluding hydrogens is 334 g/mol. The number of benzene rings is 1. The summed E-state index contributed by atoms with van der Waals surface area (Å²) in [5.41, 5.74) is 0.0137. The number of para-hydroxylation sites is 1. The molecule has 0 saturated carbocycles. The van der Waals surface area contributed by atoms with E-state index >= 15 is 0 Å². The number of esters is 1. The summed E-state index contributed by atoms with van der Waals surface area (Å²) >= 11 is 0. The van der Waals surface area contributed by atoms with Gasteiger partial charge >= 0.3 is 5.97 Å². The van der Waals surface area contributed by atoms with Crippen molar-refractivity contribution in [3.8, 4) is 0 Å². The third-order valence-electron chi connectivity index (χ3n) is 3.63. The molecule has 6 heteroatoms. The van der Waals surface area contributed by atoms with Crippen molar-refractivity contribution in [3.63, 3.8) is 0 Å². The van der Waals surface area contributed by atoms with Crippen molar-refractivity contribution in [2.45, 2.75) is 45.8 Å². The Hall–Kier alpha value is -2.60. The van der Waals surface area contributed by atoms with Gasteiger partial charge < -0.3 is 19.6 Å². The van der Waals surface area contributed by atoms with Crippen LogP contribution in [0, 0.1) is 5.92 Å². The molecule has 0 spiro atoms. The van der Waals surface area contributed by atoms with Gasteiger partial charge in [0.1, 0.15) is 11.4 Å². The van der Waals surface area contributed by atoms with Crippen molar-refractivity contribution in [1.82, 2.24) is 0 Å². The van der Waals surface area contributed by atoms with Crippen LogP contribution in [0.25, 0.3) is 0 Å². The fourth-order valence-electron chi connectivity index (χ4n) is 2.37. The van der Waals surface area contributed by atoms with Crippen LogP contribution in [0.2, 0.25) is 0 Å². The average Bonchev–Trinajstić information content (AvgIpc) is 3.00. The van der Waals surface area contributed by atoms with E-state index in [1.807, 2.05) is 18.2 Å². The first-order chi connectivity index (χ1) is 12.2.